The van der Waals surface area contributed by atoms with Crippen LogP contribution < -0.4 is 5.56 Å². The quantitative estimate of drug-likeness (QED) is 0.743. The zero-order chi connectivity index (χ0) is 16.4. The van der Waals surface area contributed by atoms with Gasteiger partial charge in [-0.2, -0.15) is 4.98 Å². The van der Waals surface area contributed by atoms with Crippen LogP contribution in [0.15, 0.2) is 59.4 Å². The van der Waals surface area contributed by atoms with Crippen molar-refractivity contribution in [1.82, 2.24) is 14.5 Å². The molecule has 4 nitrogen and oxygen atoms in total. The Morgan fingerprint density at radius 2 is 1.58 bits per heavy atom. The van der Waals surface area contributed by atoms with Crippen molar-refractivity contribution in [2.24, 2.45) is 0 Å². The zero-order valence-corrected chi connectivity index (χ0v) is 13.7. The van der Waals surface area contributed by atoms with Gasteiger partial charge < -0.3 is 0 Å². The first kappa shape index (κ1) is 15.1. The third-order valence-electron chi connectivity index (χ3n) is 4.69. The molecule has 0 N–H and O–H groups in total. The van der Waals surface area contributed by atoms with Gasteiger partial charge in [-0.25, -0.2) is 0 Å². The summed E-state index contributed by atoms with van der Waals surface area (Å²) in [5.41, 5.74) is 1.84. The Morgan fingerprint density at radius 1 is 0.875 bits per heavy atom. The number of piperidine rings is 1. The topological polar surface area (TPSA) is 38.1 Å². The van der Waals surface area contributed by atoms with Gasteiger partial charge in [0.15, 0.2) is 0 Å². The number of likely N-dealkylation sites (tertiary alicyclic amines) is 1. The number of para-hydroxylation sites is 2. The average Bonchev–Trinajstić information content (AvgIpc) is 2.64. The smallest absolute Gasteiger partial charge is 0.280 e. The number of hydrogen-bond acceptors (Lipinski definition) is 3. The predicted molar refractivity (Wildman–Crippen MR) is 96.5 cm³/mol. The minimum absolute atomic E-state index is 0.134. The lowest BCUT2D eigenvalue weighted by Crippen LogP contribution is -2.32. The molecule has 4 rings (SSSR count). The fourth-order valence-electron chi connectivity index (χ4n) is 3.50. The van der Waals surface area contributed by atoms with Crippen LogP contribution >= 0.6 is 0 Å². The maximum Gasteiger partial charge on any atom is 0.280 e. The molecular formula is C20H21N3O. The maximum absolute atomic E-state index is 12.5. The molecule has 24 heavy (non-hydrogen) atoms. The van der Waals surface area contributed by atoms with E-state index in [0.29, 0.717) is 5.39 Å². The highest BCUT2D eigenvalue weighted by Gasteiger charge is 2.16. The molecule has 0 aliphatic carbocycles. The highest BCUT2D eigenvalue weighted by atomic mass is 16.1. The molecule has 1 saturated heterocycles. The fourth-order valence-corrected chi connectivity index (χ4v) is 3.50. The lowest BCUT2D eigenvalue weighted by Gasteiger charge is -2.27. The Balaban J connectivity index is 1.89. The summed E-state index contributed by atoms with van der Waals surface area (Å²) in [6.45, 7) is 2.88. The first-order valence-electron chi connectivity index (χ1n) is 8.61. The normalized spacial score (nSPS) is 15.7. The molecule has 0 spiro atoms. The average molecular weight is 319 g/mol. The molecule has 122 valence electrons. The third kappa shape index (κ3) is 2.85. The summed E-state index contributed by atoms with van der Waals surface area (Å²) in [5.74, 6) is 0.826. The molecule has 0 unspecified atom stereocenters. The maximum atomic E-state index is 12.5. The Labute approximate surface area is 141 Å². The highest BCUT2D eigenvalue weighted by Crippen LogP contribution is 2.20. The van der Waals surface area contributed by atoms with E-state index in [1.54, 1.807) is 0 Å². The van der Waals surface area contributed by atoms with E-state index in [2.05, 4.69) is 26.6 Å². The molecule has 0 saturated carbocycles. The van der Waals surface area contributed by atoms with Crippen LogP contribution in [0.1, 0.15) is 25.1 Å². The van der Waals surface area contributed by atoms with Crippen molar-refractivity contribution in [1.29, 1.82) is 0 Å². The van der Waals surface area contributed by atoms with Gasteiger partial charge in [0, 0.05) is 5.69 Å². The minimum atomic E-state index is -0.134. The van der Waals surface area contributed by atoms with Crippen LogP contribution in [0.2, 0.25) is 0 Å². The molecule has 2 heterocycles. The van der Waals surface area contributed by atoms with Crippen LogP contribution in [0.4, 0.5) is 0 Å². The van der Waals surface area contributed by atoms with Crippen molar-refractivity contribution >= 4 is 10.9 Å². The van der Waals surface area contributed by atoms with Gasteiger partial charge >= 0.3 is 0 Å². The summed E-state index contributed by atoms with van der Waals surface area (Å²) in [4.78, 5) is 19.3. The summed E-state index contributed by atoms with van der Waals surface area (Å²) in [6.07, 6.45) is 3.75. The number of aromatic nitrogens is 2. The summed E-state index contributed by atoms with van der Waals surface area (Å²) < 4.78 is 2.13. The molecule has 0 amide bonds. The molecule has 3 aromatic rings. The van der Waals surface area contributed by atoms with Gasteiger partial charge in [-0.3, -0.25) is 14.3 Å². The Hall–Kier alpha value is -2.46. The zero-order valence-electron chi connectivity index (χ0n) is 13.7. The molecular weight excluding hydrogens is 298 g/mol. The monoisotopic (exact) mass is 319 g/mol. The van der Waals surface area contributed by atoms with Crippen molar-refractivity contribution in [3.63, 3.8) is 0 Å². The standard InChI is InChI=1S/C20H21N3O/c24-20-17-11-5-6-12-18(17)23(16-9-3-1-4-10-16)19(21-20)15-22-13-7-2-8-14-22/h1,3-6,9-12H,2,7-8,13-15H2. The van der Waals surface area contributed by atoms with E-state index < -0.39 is 0 Å². The molecule has 2 aromatic carbocycles. The van der Waals surface area contributed by atoms with Gasteiger partial charge in [0.25, 0.3) is 5.56 Å². The summed E-state index contributed by atoms with van der Waals surface area (Å²) in [5, 5.41) is 0.670. The second-order valence-electron chi connectivity index (χ2n) is 6.36. The largest absolute Gasteiger partial charge is 0.296 e. The van der Waals surface area contributed by atoms with E-state index >= 15 is 0 Å². The van der Waals surface area contributed by atoms with Gasteiger partial charge in [-0.1, -0.05) is 36.8 Å². The minimum Gasteiger partial charge on any atom is -0.296 e. The molecule has 0 bridgehead atoms. The van der Waals surface area contributed by atoms with Crippen LogP contribution in [0, 0.1) is 0 Å². The first-order valence-corrected chi connectivity index (χ1v) is 8.61. The van der Waals surface area contributed by atoms with E-state index in [9.17, 15) is 4.79 Å². The summed E-state index contributed by atoms with van der Waals surface area (Å²) >= 11 is 0. The van der Waals surface area contributed by atoms with E-state index in [1.807, 2.05) is 42.5 Å². The number of rotatable bonds is 3. The van der Waals surface area contributed by atoms with Crippen LogP contribution in [-0.4, -0.2) is 27.5 Å². The fraction of sp³-hybridized carbons (Fsp3) is 0.300. The van der Waals surface area contributed by atoms with Crippen LogP contribution in [0.25, 0.3) is 16.6 Å². The van der Waals surface area contributed by atoms with Crippen molar-refractivity contribution < 1.29 is 0 Å². The van der Waals surface area contributed by atoms with Gasteiger partial charge in [0.05, 0.1) is 17.4 Å². The second kappa shape index (κ2) is 6.57. The highest BCUT2D eigenvalue weighted by molar-refractivity contribution is 5.79. The number of hydrogen-bond donors (Lipinski definition) is 0. The Bertz CT molecular complexity index is 896. The molecule has 0 radical (unpaired) electrons. The molecule has 1 fully saturated rings. The van der Waals surface area contributed by atoms with Crippen LogP contribution in [0.5, 0.6) is 0 Å². The summed E-state index contributed by atoms with van der Waals surface area (Å²) in [6, 6.07) is 17.9. The molecule has 4 heteroatoms. The Kier molecular flexibility index (Phi) is 4.13. The SMILES string of the molecule is O=c1nc(CN2CCCCC2)n(-c2ccccc2)c2ccccc12. The van der Waals surface area contributed by atoms with Gasteiger partial charge in [0.2, 0.25) is 0 Å². The lowest BCUT2D eigenvalue weighted by molar-refractivity contribution is 0.214. The van der Waals surface area contributed by atoms with E-state index in [4.69, 9.17) is 0 Å². The van der Waals surface area contributed by atoms with Crippen LogP contribution in [0.3, 0.4) is 0 Å². The van der Waals surface area contributed by atoms with Crippen molar-refractivity contribution in [3.05, 3.63) is 70.8 Å². The lowest BCUT2D eigenvalue weighted by atomic mass is 10.1. The van der Waals surface area contributed by atoms with Crippen molar-refractivity contribution in [3.8, 4) is 5.69 Å². The molecule has 1 aromatic heterocycles. The van der Waals surface area contributed by atoms with E-state index in [0.717, 1.165) is 36.7 Å². The van der Waals surface area contributed by atoms with Crippen molar-refractivity contribution in [2.75, 3.05) is 13.1 Å². The Morgan fingerprint density at radius 3 is 2.38 bits per heavy atom. The van der Waals surface area contributed by atoms with Gasteiger partial charge in [0.1, 0.15) is 5.82 Å². The first-order chi connectivity index (χ1) is 11.8. The van der Waals surface area contributed by atoms with E-state index in [1.165, 1.54) is 19.3 Å². The summed E-state index contributed by atoms with van der Waals surface area (Å²) in [7, 11) is 0. The molecule has 0 atom stereocenters. The predicted octanol–water partition coefficient (Wildman–Crippen LogP) is 3.37. The van der Waals surface area contributed by atoms with Crippen LogP contribution in [-0.2, 0) is 6.54 Å². The third-order valence-corrected chi connectivity index (χ3v) is 4.69. The van der Waals surface area contributed by atoms with Gasteiger partial charge in [-0.05, 0) is 50.2 Å². The van der Waals surface area contributed by atoms with Gasteiger partial charge in [-0.15, -0.1) is 0 Å². The second-order valence-corrected chi connectivity index (χ2v) is 6.36. The number of nitrogens with zero attached hydrogens (tertiary/aromatic N) is 3. The number of fused-ring (bicyclic) bond motifs is 1. The molecule has 1 aliphatic heterocycles. The molecule has 1 aliphatic rings. The van der Waals surface area contributed by atoms with Crippen molar-refractivity contribution in [2.45, 2.75) is 25.8 Å². The number of benzene rings is 2. The van der Waals surface area contributed by atoms with E-state index in [-0.39, 0.29) is 5.56 Å².